The minimum absolute atomic E-state index is 0.0591. The van der Waals surface area contributed by atoms with Gasteiger partial charge >= 0.3 is 0 Å². The van der Waals surface area contributed by atoms with Gasteiger partial charge in [0.05, 0.1) is 17.9 Å². The average Bonchev–Trinajstić information content (AvgIpc) is 2.86. The molecule has 1 aromatic heterocycles. The van der Waals surface area contributed by atoms with Crippen LogP contribution in [0.25, 0.3) is 0 Å². The largest absolute Gasteiger partial charge is 0.392 e. The molecule has 0 aliphatic carbocycles. The molecule has 0 aliphatic rings. The second-order valence-corrected chi connectivity index (χ2v) is 5.87. The molecule has 0 amide bonds. The van der Waals surface area contributed by atoms with Crippen LogP contribution in [0.2, 0.25) is 0 Å². The lowest BCUT2D eigenvalue weighted by molar-refractivity contribution is 0.282. The molecule has 0 saturated carbocycles. The van der Waals surface area contributed by atoms with Crippen molar-refractivity contribution in [3.8, 4) is 0 Å². The summed E-state index contributed by atoms with van der Waals surface area (Å²) in [6, 6.07) is 7.70. The Morgan fingerprint density at radius 3 is 2.53 bits per heavy atom. The molecule has 2 rings (SSSR count). The van der Waals surface area contributed by atoms with Gasteiger partial charge in [-0.3, -0.25) is 0 Å². The number of aromatic nitrogens is 2. The molecule has 0 saturated heterocycles. The van der Waals surface area contributed by atoms with Crippen LogP contribution in [0.3, 0.4) is 0 Å². The van der Waals surface area contributed by atoms with Crippen LogP contribution in [0, 0.1) is 0 Å². The van der Waals surface area contributed by atoms with Crippen molar-refractivity contribution in [2.24, 2.45) is 5.73 Å². The number of nitrogens with zero attached hydrogens (tertiary/aromatic N) is 2. The Bertz CT molecular complexity index is 532. The van der Waals surface area contributed by atoms with Crippen molar-refractivity contribution in [1.82, 2.24) is 10.1 Å². The summed E-state index contributed by atoms with van der Waals surface area (Å²) in [4.78, 5) is 5.35. The number of hydrogen-bond donors (Lipinski definition) is 2. The zero-order valence-corrected chi connectivity index (χ0v) is 11.8. The third-order valence-corrected chi connectivity index (χ3v) is 3.51. The maximum Gasteiger partial charge on any atom is 0.237 e. The monoisotopic (exact) mass is 279 g/mol. The van der Waals surface area contributed by atoms with Crippen molar-refractivity contribution in [1.29, 1.82) is 0 Å². The van der Waals surface area contributed by atoms with Crippen molar-refractivity contribution in [2.75, 3.05) is 0 Å². The molecule has 1 aromatic carbocycles. The van der Waals surface area contributed by atoms with Crippen LogP contribution in [-0.4, -0.2) is 15.2 Å². The Labute approximate surface area is 116 Å². The van der Waals surface area contributed by atoms with E-state index in [1.165, 1.54) is 0 Å². The summed E-state index contributed by atoms with van der Waals surface area (Å²) in [5.74, 6) is 1.67. The van der Waals surface area contributed by atoms with Gasteiger partial charge in [-0.15, -0.1) is 11.8 Å². The Hall–Kier alpha value is -1.37. The van der Waals surface area contributed by atoms with E-state index >= 15 is 0 Å². The predicted molar refractivity (Wildman–Crippen MR) is 73.4 cm³/mol. The second-order valence-electron chi connectivity index (χ2n) is 4.82. The van der Waals surface area contributed by atoms with Gasteiger partial charge in [0.1, 0.15) is 0 Å². The fraction of sp³-hybridized carbons (Fsp3) is 0.385. The fourth-order valence-electron chi connectivity index (χ4n) is 1.41. The van der Waals surface area contributed by atoms with Gasteiger partial charge in [-0.2, -0.15) is 4.98 Å². The van der Waals surface area contributed by atoms with E-state index in [0.717, 1.165) is 10.5 Å². The quantitative estimate of drug-likeness (QED) is 0.815. The lowest BCUT2D eigenvalue weighted by atomic mass is 10.1. The molecule has 0 fully saturated rings. The fourth-order valence-corrected chi connectivity index (χ4v) is 2.15. The van der Waals surface area contributed by atoms with E-state index < -0.39 is 5.54 Å². The highest BCUT2D eigenvalue weighted by molar-refractivity contribution is 7.98. The predicted octanol–water partition coefficient (Wildman–Crippen LogP) is 2.05. The normalized spacial score (nSPS) is 11.8. The number of benzene rings is 1. The van der Waals surface area contributed by atoms with E-state index in [9.17, 15) is 0 Å². The van der Waals surface area contributed by atoms with Crippen LogP contribution < -0.4 is 5.73 Å². The van der Waals surface area contributed by atoms with Crippen LogP contribution in [0.1, 0.15) is 31.1 Å². The number of hydrogen-bond acceptors (Lipinski definition) is 6. The molecule has 19 heavy (non-hydrogen) atoms. The van der Waals surface area contributed by atoms with Gasteiger partial charge in [-0.05, 0) is 31.5 Å². The minimum atomic E-state index is -0.588. The standard InChI is InChI=1S/C13H17N3O2S/c1-13(2,14)12-15-11(18-16-12)8-19-10-5-3-9(7-17)4-6-10/h3-6,17H,7-8,14H2,1-2H3. The maximum absolute atomic E-state index is 8.96. The molecule has 2 aromatic rings. The van der Waals surface area contributed by atoms with Gasteiger partial charge in [0.25, 0.3) is 0 Å². The van der Waals surface area contributed by atoms with Gasteiger partial charge in [-0.1, -0.05) is 17.3 Å². The van der Waals surface area contributed by atoms with Crippen molar-refractivity contribution < 1.29 is 9.63 Å². The first kappa shape index (κ1) is 14.0. The molecule has 3 N–H and O–H groups in total. The zero-order chi connectivity index (χ0) is 13.9. The SMILES string of the molecule is CC(C)(N)c1noc(CSc2ccc(CO)cc2)n1. The Morgan fingerprint density at radius 2 is 2.00 bits per heavy atom. The highest BCUT2D eigenvalue weighted by Crippen LogP contribution is 2.23. The van der Waals surface area contributed by atoms with Crippen LogP contribution in [0.5, 0.6) is 0 Å². The molecule has 6 heteroatoms. The number of nitrogens with two attached hydrogens (primary N) is 1. The van der Waals surface area contributed by atoms with Crippen LogP contribution in [0.4, 0.5) is 0 Å². The molecule has 5 nitrogen and oxygen atoms in total. The van der Waals surface area contributed by atoms with Crippen LogP contribution in [0.15, 0.2) is 33.7 Å². The molecule has 1 heterocycles. The zero-order valence-electron chi connectivity index (χ0n) is 11.0. The topological polar surface area (TPSA) is 85.2 Å². The van der Waals surface area contributed by atoms with E-state index in [2.05, 4.69) is 10.1 Å². The Kier molecular flexibility index (Phi) is 4.24. The number of thioether (sulfide) groups is 1. The van der Waals surface area contributed by atoms with E-state index in [1.807, 2.05) is 38.1 Å². The first-order valence-corrected chi connectivity index (χ1v) is 6.92. The summed E-state index contributed by atoms with van der Waals surface area (Å²) in [5.41, 5.74) is 6.20. The number of aliphatic hydroxyl groups is 1. The third-order valence-electron chi connectivity index (χ3n) is 2.51. The summed E-state index contributed by atoms with van der Waals surface area (Å²) >= 11 is 1.60. The van der Waals surface area contributed by atoms with Gasteiger partial charge in [0.2, 0.25) is 5.89 Å². The lowest BCUT2D eigenvalue weighted by Crippen LogP contribution is -2.30. The van der Waals surface area contributed by atoms with Crippen molar-refractivity contribution in [2.45, 2.75) is 36.6 Å². The smallest absolute Gasteiger partial charge is 0.237 e. The van der Waals surface area contributed by atoms with Gasteiger partial charge in [-0.25, -0.2) is 0 Å². The average molecular weight is 279 g/mol. The summed E-state index contributed by atoms with van der Waals surface area (Å²) in [6.45, 7) is 3.73. The van der Waals surface area contributed by atoms with Crippen molar-refractivity contribution in [3.63, 3.8) is 0 Å². The third kappa shape index (κ3) is 3.79. The molecular formula is C13H17N3O2S. The Balaban J connectivity index is 1.96. The maximum atomic E-state index is 8.96. The Morgan fingerprint density at radius 1 is 1.32 bits per heavy atom. The molecule has 0 unspecified atom stereocenters. The van der Waals surface area contributed by atoms with E-state index in [1.54, 1.807) is 11.8 Å². The van der Waals surface area contributed by atoms with Gasteiger partial charge in [0, 0.05) is 4.90 Å². The van der Waals surface area contributed by atoms with E-state index in [4.69, 9.17) is 15.4 Å². The van der Waals surface area contributed by atoms with E-state index in [0.29, 0.717) is 17.5 Å². The molecule has 0 atom stereocenters. The minimum Gasteiger partial charge on any atom is -0.392 e. The first-order chi connectivity index (χ1) is 8.99. The molecular weight excluding hydrogens is 262 g/mol. The molecule has 0 radical (unpaired) electrons. The van der Waals surface area contributed by atoms with Crippen LogP contribution in [-0.2, 0) is 17.9 Å². The van der Waals surface area contributed by atoms with Gasteiger partial charge in [0.15, 0.2) is 5.82 Å². The summed E-state index contributed by atoms with van der Waals surface area (Å²) in [5, 5.41) is 12.8. The second kappa shape index (κ2) is 5.73. The molecule has 0 aliphatic heterocycles. The molecule has 0 spiro atoms. The van der Waals surface area contributed by atoms with Gasteiger partial charge < -0.3 is 15.4 Å². The summed E-state index contributed by atoms with van der Waals surface area (Å²) in [6.07, 6.45) is 0. The highest BCUT2D eigenvalue weighted by atomic mass is 32.2. The molecule has 102 valence electrons. The first-order valence-electron chi connectivity index (χ1n) is 5.93. The highest BCUT2D eigenvalue weighted by Gasteiger charge is 2.21. The van der Waals surface area contributed by atoms with Crippen LogP contribution >= 0.6 is 11.8 Å². The molecule has 0 bridgehead atoms. The van der Waals surface area contributed by atoms with E-state index in [-0.39, 0.29) is 6.61 Å². The van der Waals surface area contributed by atoms with Crippen molar-refractivity contribution in [3.05, 3.63) is 41.5 Å². The lowest BCUT2D eigenvalue weighted by Gasteiger charge is -2.11. The number of rotatable bonds is 5. The summed E-state index contributed by atoms with van der Waals surface area (Å²) < 4.78 is 5.16. The summed E-state index contributed by atoms with van der Waals surface area (Å²) in [7, 11) is 0. The number of aliphatic hydroxyl groups excluding tert-OH is 1. The van der Waals surface area contributed by atoms with Crippen molar-refractivity contribution >= 4 is 11.8 Å².